The molecule has 352 valence electrons. The van der Waals surface area contributed by atoms with Crippen LogP contribution in [0.4, 0.5) is 17.1 Å². The molecule has 0 saturated heterocycles. The molecule has 0 fully saturated rings. The van der Waals surface area contributed by atoms with Crippen LogP contribution in [-0.2, 0) is 34.0 Å². The summed E-state index contributed by atoms with van der Waals surface area (Å²) in [6.45, 7) is 18.0. The molecule has 62 heavy (non-hydrogen) atoms. The van der Waals surface area contributed by atoms with Gasteiger partial charge in [-0.25, -0.2) is 0 Å². The van der Waals surface area contributed by atoms with Crippen molar-refractivity contribution in [2.45, 2.75) is 46.6 Å². The highest BCUT2D eigenvalue weighted by molar-refractivity contribution is 5.59. The Morgan fingerprint density at radius 3 is 1.10 bits per heavy atom. The van der Waals surface area contributed by atoms with E-state index in [0.29, 0.717) is 92.2 Å². The predicted octanol–water partition coefficient (Wildman–Crippen LogP) is 5.22. The van der Waals surface area contributed by atoms with Gasteiger partial charge in [0.2, 0.25) is 0 Å². The molecule has 0 radical (unpaired) electrons. The normalized spacial score (nSPS) is 11.9. The zero-order chi connectivity index (χ0) is 45.7. The summed E-state index contributed by atoms with van der Waals surface area (Å²) in [7, 11) is 4.06. The molecule has 0 aromatic heterocycles. The van der Waals surface area contributed by atoms with Crippen molar-refractivity contribution in [2.24, 2.45) is 5.73 Å². The van der Waals surface area contributed by atoms with Gasteiger partial charge >= 0.3 is 0 Å². The predicted molar refractivity (Wildman–Crippen MR) is 254 cm³/mol. The van der Waals surface area contributed by atoms with E-state index >= 15 is 0 Å². The van der Waals surface area contributed by atoms with E-state index in [1.807, 2.05) is 41.8 Å². The Morgan fingerprint density at radius 2 is 0.790 bits per heavy atom. The lowest BCUT2D eigenvalue weighted by molar-refractivity contribution is 0.0347. The van der Waals surface area contributed by atoms with E-state index in [2.05, 4.69) is 99.7 Å². The Balaban J connectivity index is 0.00000466. The number of hydrogen-bond donors (Lipinski definition) is 5. The van der Waals surface area contributed by atoms with Crippen molar-refractivity contribution in [3.8, 4) is 0 Å². The fraction of sp³-hybridized carbons (Fsp3) is 0.583. The van der Waals surface area contributed by atoms with Gasteiger partial charge in [0.15, 0.2) is 0 Å². The van der Waals surface area contributed by atoms with Crippen molar-refractivity contribution in [3.63, 3.8) is 0 Å². The van der Waals surface area contributed by atoms with Gasteiger partial charge in [-0.1, -0.05) is 71.0 Å². The van der Waals surface area contributed by atoms with Gasteiger partial charge in [0.25, 0.3) is 0 Å². The monoisotopic (exact) mass is 872 g/mol. The molecule has 14 heteroatoms. The Labute approximate surface area is 373 Å². The molecule has 0 aliphatic rings. The van der Waals surface area contributed by atoms with Crippen LogP contribution in [0.3, 0.4) is 0 Å². The molecule has 3 aromatic rings. The lowest BCUT2D eigenvalue weighted by atomic mass is 9.76. The highest BCUT2D eigenvalue weighted by Crippen LogP contribution is 2.39. The summed E-state index contributed by atoms with van der Waals surface area (Å²) in [5.41, 5.74) is 11.4. The second-order valence-corrected chi connectivity index (χ2v) is 13.6. The number of ether oxygens (including phenoxy) is 6. The highest BCUT2D eigenvalue weighted by Gasteiger charge is 2.36. The molecule has 1 atom stereocenters. The van der Waals surface area contributed by atoms with Gasteiger partial charge < -0.3 is 69.5 Å². The average molecular weight is 872 g/mol. The van der Waals surface area contributed by atoms with E-state index < -0.39 is 5.54 Å². The molecule has 0 saturated carbocycles. The van der Waals surface area contributed by atoms with E-state index in [1.165, 1.54) is 6.20 Å². The summed E-state index contributed by atoms with van der Waals surface area (Å²) in [5, 5.41) is 30.9. The molecule has 0 spiro atoms. The van der Waals surface area contributed by atoms with Gasteiger partial charge in [0, 0.05) is 76.3 Å². The van der Waals surface area contributed by atoms with Crippen molar-refractivity contribution in [3.05, 3.63) is 102 Å². The second kappa shape index (κ2) is 36.5. The fourth-order valence-corrected chi connectivity index (χ4v) is 6.40. The first-order chi connectivity index (χ1) is 30.4. The Hall–Kier alpha value is -3.96. The van der Waals surface area contributed by atoms with Gasteiger partial charge in [0.1, 0.15) is 5.54 Å². The van der Waals surface area contributed by atoms with Gasteiger partial charge in [-0.05, 0) is 59.5 Å². The minimum Gasteiger partial charge on any atom is -0.403 e. The number of anilines is 3. The van der Waals surface area contributed by atoms with Crippen molar-refractivity contribution >= 4 is 17.1 Å². The quantitative estimate of drug-likeness (QED) is 0.0393. The van der Waals surface area contributed by atoms with Gasteiger partial charge in [-0.3, -0.25) is 0 Å². The van der Waals surface area contributed by atoms with Crippen LogP contribution in [0.25, 0.3) is 0 Å². The van der Waals surface area contributed by atoms with Gasteiger partial charge in [-0.15, -0.1) is 0 Å². The molecule has 0 heterocycles. The van der Waals surface area contributed by atoms with Crippen LogP contribution in [0.2, 0.25) is 0 Å². The van der Waals surface area contributed by atoms with Crippen LogP contribution in [0.15, 0.2) is 85.2 Å². The molecule has 1 unspecified atom stereocenters. The second-order valence-electron chi connectivity index (χ2n) is 13.6. The molecule has 0 amide bonds. The maximum Gasteiger partial charge on any atom is 0.113 e. The fourth-order valence-electron chi connectivity index (χ4n) is 6.40. The Kier molecular flexibility index (Phi) is 33.0. The Bertz CT molecular complexity index is 1400. The number of nitrogens with zero attached hydrogens (tertiary/aromatic N) is 3. The maximum absolute atomic E-state index is 9.25. The van der Waals surface area contributed by atoms with E-state index in [4.69, 9.17) is 44.4 Å². The van der Waals surface area contributed by atoms with Crippen LogP contribution in [0, 0.1) is 0 Å². The highest BCUT2D eigenvalue weighted by atomic mass is 16.5. The van der Waals surface area contributed by atoms with Crippen LogP contribution < -0.4 is 25.8 Å². The summed E-state index contributed by atoms with van der Waals surface area (Å²) >= 11 is 0. The molecular weight excluding hydrogens is 791 g/mol. The zero-order valence-electron chi connectivity index (χ0n) is 38.9. The van der Waals surface area contributed by atoms with E-state index in [0.717, 1.165) is 40.2 Å². The molecular formula is C48H81N5O9. The molecule has 3 rings (SSSR count). The Morgan fingerprint density at radius 1 is 0.484 bits per heavy atom. The third-order valence-electron chi connectivity index (χ3n) is 9.37. The van der Waals surface area contributed by atoms with Crippen molar-refractivity contribution in [1.29, 1.82) is 0 Å². The first kappa shape index (κ1) is 56.1. The van der Waals surface area contributed by atoms with Crippen LogP contribution in [0.1, 0.15) is 57.7 Å². The van der Waals surface area contributed by atoms with Gasteiger partial charge in [-0.2, -0.15) is 0 Å². The summed E-state index contributed by atoms with van der Waals surface area (Å²) in [5.74, 6) is 0. The molecule has 3 aromatic carbocycles. The van der Waals surface area contributed by atoms with E-state index in [9.17, 15) is 5.11 Å². The van der Waals surface area contributed by atoms with Crippen LogP contribution in [0.5, 0.6) is 0 Å². The summed E-state index contributed by atoms with van der Waals surface area (Å²) in [6.07, 6.45) is 4.26. The lowest BCUT2D eigenvalue weighted by Gasteiger charge is -2.37. The number of benzene rings is 3. The third-order valence-corrected chi connectivity index (χ3v) is 9.37. The van der Waals surface area contributed by atoms with Crippen molar-refractivity contribution < 1.29 is 43.7 Å². The number of aliphatic hydroxyl groups excluding tert-OH is 3. The SMILES string of the molecule is CC.CC.CCCOCCN(CCOCCOCCO)c1ccc(C(N/C=C\N)(c2ccc(N(C)C)cc2)c2ccc(N(CCOCCO)CCOCCOCCO)cc2)cc1. The number of rotatable bonds is 34. The molecule has 0 aliphatic carbocycles. The van der Waals surface area contributed by atoms with Crippen molar-refractivity contribution in [1.82, 2.24) is 5.32 Å². The standard InChI is InChI=1S/C44H69N5O9.2C2H6/c1-4-26-53-27-19-48(21-29-55-34-36-57-32-24-51)42-13-7-39(8-14-42)44(46-18-17-45,38-5-11-41(12-6-38)47(2)3)40-9-15-43(16-10-40)49(20-28-54-31-23-50)22-30-56-35-37-58-33-25-52;2*1-2/h5-18,46,50-52H,4,19-37,45H2,1-3H3;2*1-2H3/b18-17-;;. The number of nitrogens with two attached hydrogens (primary N) is 1. The zero-order valence-corrected chi connectivity index (χ0v) is 38.9. The maximum atomic E-state index is 9.25. The van der Waals surface area contributed by atoms with Crippen LogP contribution >= 0.6 is 0 Å². The summed E-state index contributed by atoms with van der Waals surface area (Å²) < 4.78 is 33.9. The van der Waals surface area contributed by atoms with Gasteiger partial charge in [0.05, 0.1) is 92.5 Å². The minimum absolute atomic E-state index is 0.00441. The molecule has 0 aliphatic heterocycles. The first-order valence-corrected chi connectivity index (χ1v) is 22.4. The van der Waals surface area contributed by atoms with Crippen LogP contribution in [-0.4, -0.2) is 155 Å². The number of hydrogen-bond acceptors (Lipinski definition) is 14. The summed E-state index contributed by atoms with van der Waals surface area (Å²) in [4.78, 5) is 6.56. The average Bonchev–Trinajstić information content (AvgIpc) is 3.32. The topological polar surface area (TPSA) is 164 Å². The third kappa shape index (κ3) is 20.5. The first-order valence-electron chi connectivity index (χ1n) is 22.4. The van der Waals surface area contributed by atoms with Crippen molar-refractivity contribution in [2.75, 3.05) is 154 Å². The van der Waals surface area contributed by atoms with E-state index in [1.54, 1.807) is 6.20 Å². The summed E-state index contributed by atoms with van der Waals surface area (Å²) in [6, 6.07) is 25.7. The number of aliphatic hydroxyl groups is 3. The lowest BCUT2D eigenvalue weighted by Crippen LogP contribution is -2.42. The molecule has 14 nitrogen and oxygen atoms in total. The molecule has 6 N–H and O–H groups in total. The minimum atomic E-state index is -0.822. The molecule has 0 bridgehead atoms. The largest absolute Gasteiger partial charge is 0.403 e. The van der Waals surface area contributed by atoms with E-state index in [-0.39, 0.29) is 33.0 Å². The number of nitrogens with one attached hydrogen (secondary N) is 1. The smallest absolute Gasteiger partial charge is 0.113 e.